The van der Waals surface area contributed by atoms with Gasteiger partial charge >= 0.3 is 0 Å². The Hall–Kier alpha value is -1.36. The maximum absolute atomic E-state index is 5.58. The van der Waals surface area contributed by atoms with Gasteiger partial charge in [0.05, 0.1) is 17.6 Å². The first-order valence-electron chi connectivity index (χ1n) is 5.38. The molecule has 0 amide bonds. The molecule has 1 aromatic heterocycles. The van der Waals surface area contributed by atoms with Gasteiger partial charge in [-0.05, 0) is 6.42 Å². The number of rotatable bonds is 2. The molecule has 0 unspecified atom stereocenters. The molecule has 2 heterocycles. The first-order chi connectivity index (χ1) is 7.31. The van der Waals surface area contributed by atoms with Gasteiger partial charge in [0.25, 0.3) is 0 Å². The molecule has 1 saturated heterocycles. The van der Waals surface area contributed by atoms with E-state index in [2.05, 4.69) is 27.1 Å². The number of hydrogen-bond acceptors (Lipinski definition) is 5. The highest BCUT2D eigenvalue weighted by Crippen LogP contribution is 2.19. The second kappa shape index (κ2) is 4.44. The number of nitrogens with one attached hydrogen (secondary N) is 1. The SMILES string of the molecule is CCc1nc(N)ncc1N1CCNCC1. The Morgan fingerprint density at radius 3 is 2.87 bits per heavy atom. The predicted octanol–water partition coefficient (Wildman–Crippen LogP) is 0.0308. The molecule has 0 saturated carbocycles. The van der Waals surface area contributed by atoms with E-state index in [1.54, 1.807) is 0 Å². The summed E-state index contributed by atoms with van der Waals surface area (Å²) in [5.74, 6) is 0.366. The standard InChI is InChI=1S/C10H17N5/c1-2-8-9(7-13-10(11)14-8)15-5-3-12-4-6-15/h7,12H,2-6H2,1H3,(H2,11,13,14). The van der Waals surface area contributed by atoms with Gasteiger partial charge in [-0.25, -0.2) is 9.97 Å². The summed E-state index contributed by atoms with van der Waals surface area (Å²) in [6, 6.07) is 0. The van der Waals surface area contributed by atoms with Crippen LogP contribution in [0.2, 0.25) is 0 Å². The van der Waals surface area contributed by atoms with Crippen LogP contribution in [0.4, 0.5) is 11.6 Å². The average Bonchev–Trinajstić information content (AvgIpc) is 2.30. The van der Waals surface area contributed by atoms with Gasteiger partial charge in [-0.1, -0.05) is 6.92 Å². The van der Waals surface area contributed by atoms with Gasteiger partial charge in [0, 0.05) is 26.2 Å². The second-order valence-corrected chi connectivity index (χ2v) is 3.65. The van der Waals surface area contributed by atoms with Gasteiger partial charge in [-0.3, -0.25) is 0 Å². The third kappa shape index (κ3) is 2.18. The number of nitrogens with two attached hydrogens (primary N) is 1. The summed E-state index contributed by atoms with van der Waals surface area (Å²) in [5, 5.41) is 3.33. The maximum Gasteiger partial charge on any atom is 0.220 e. The molecule has 1 aromatic rings. The molecular formula is C10H17N5. The molecule has 0 radical (unpaired) electrons. The van der Waals surface area contributed by atoms with Crippen molar-refractivity contribution in [1.82, 2.24) is 15.3 Å². The first-order valence-corrected chi connectivity index (χ1v) is 5.38. The van der Waals surface area contributed by atoms with Gasteiger partial charge < -0.3 is 16.0 Å². The van der Waals surface area contributed by atoms with Crippen molar-refractivity contribution in [2.24, 2.45) is 0 Å². The summed E-state index contributed by atoms with van der Waals surface area (Å²) >= 11 is 0. The van der Waals surface area contributed by atoms with E-state index in [-0.39, 0.29) is 0 Å². The number of hydrogen-bond donors (Lipinski definition) is 2. The molecule has 15 heavy (non-hydrogen) atoms. The third-order valence-corrected chi connectivity index (χ3v) is 2.66. The quantitative estimate of drug-likeness (QED) is 0.716. The van der Waals surface area contributed by atoms with Crippen molar-refractivity contribution < 1.29 is 0 Å². The lowest BCUT2D eigenvalue weighted by Gasteiger charge is -2.30. The van der Waals surface area contributed by atoms with Crippen LogP contribution in [0, 0.1) is 0 Å². The molecule has 2 rings (SSSR count). The van der Waals surface area contributed by atoms with Crippen LogP contribution in [0.5, 0.6) is 0 Å². The van der Waals surface area contributed by atoms with E-state index in [4.69, 9.17) is 5.73 Å². The Morgan fingerprint density at radius 2 is 2.20 bits per heavy atom. The van der Waals surface area contributed by atoms with Crippen molar-refractivity contribution in [3.63, 3.8) is 0 Å². The summed E-state index contributed by atoms with van der Waals surface area (Å²) in [6.45, 7) is 6.16. The summed E-state index contributed by atoms with van der Waals surface area (Å²) < 4.78 is 0. The minimum Gasteiger partial charge on any atom is -0.368 e. The zero-order chi connectivity index (χ0) is 10.7. The van der Waals surface area contributed by atoms with Crippen molar-refractivity contribution in [2.75, 3.05) is 36.8 Å². The third-order valence-electron chi connectivity index (χ3n) is 2.66. The molecule has 0 atom stereocenters. The van der Waals surface area contributed by atoms with E-state index in [0.717, 1.165) is 44.0 Å². The van der Waals surface area contributed by atoms with Gasteiger partial charge in [0.1, 0.15) is 0 Å². The zero-order valence-electron chi connectivity index (χ0n) is 9.03. The molecule has 1 fully saturated rings. The summed E-state index contributed by atoms with van der Waals surface area (Å²) in [4.78, 5) is 10.7. The lowest BCUT2D eigenvalue weighted by atomic mass is 10.2. The number of nitrogens with zero attached hydrogens (tertiary/aromatic N) is 3. The molecular weight excluding hydrogens is 190 g/mol. The Morgan fingerprint density at radius 1 is 1.47 bits per heavy atom. The van der Waals surface area contributed by atoms with Crippen LogP contribution in [0.25, 0.3) is 0 Å². The lowest BCUT2D eigenvalue weighted by molar-refractivity contribution is 0.586. The van der Waals surface area contributed by atoms with Crippen LogP contribution in [-0.4, -0.2) is 36.1 Å². The van der Waals surface area contributed by atoms with Crippen LogP contribution >= 0.6 is 0 Å². The highest BCUT2D eigenvalue weighted by Gasteiger charge is 2.14. The molecule has 1 aliphatic heterocycles. The Balaban J connectivity index is 2.25. The minimum absolute atomic E-state index is 0.366. The molecule has 0 spiro atoms. The van der Waals surface area contributed by atoms with E-state index in [9.17, 15) is 0 Å². The number of aryl methyl sites for hydroxylation is 1. The smallest absolute Gasteiger partial charge is 0.220 e. The molecule has 82 valence electrons. The zero-order valence-corrected chi connectivity index (χ0v) is 9.03. The van der Waals surface area contributed by atoms with Gasteiger partial charge in [0.2, 0.25) is 5.95 Å². The summed E-state index contributed by atoms with van der Waals surface area (Å²) in [6.07, 6.45) is 2.73. The fraction of sp³-hybridized carbons (Fsp3) is 0.600. The summed E-state index contributed by atoms with van der Waals surface area (Å²) in [5.41, 5.74) is 7.76. The number of aromatic nitrogens is 2. The Bertz CT molecular complexity index is 333. The van der Waals surface area contributed by atoms with Crippen molar-refractivity contribution in [1.29, 1.82) is 0 Å². The number of anilines is 2. The van der Waals surface area contributed by atoms with Crippen LogP contribution in [0.15, 0.2) is 6.20 Å². The van der Waals surface area contributed by atoms with E-state index in [1.165, 1.54) is 0 Å². The van der Waals surface area contributed by atoms with Gasteiger partial charge in [0.15, 0.2) is 0 Å². The van der Waals surface area contributed by atoms with E-state index >= 15 is 0 Å². The Labute approximate surface area is 89.7 Å². The van der Waals surface area contributed by atoms with Crippen LogP contribution in [0.3, 0.4) is 0 Å². The lowest BCUT2D eigenvalue weighted by Crippen LogP contribution is -2.44. The molecule has 0 aromatic carbocycles. The van der Waals surface area contributed by atoms with Crippen molar-refractivity contribution in [3.8, 4) is 0 Å². The first kappa shape index (κ1) is 10.2. The van der Waals surface area contributed by atoms with E-state index in [0.29, 0.717) is 5.95 Å². The van der Waals surface area contributed by atoms with Gasteiger partial charge in [-0.15, -0.1) is 0 Å². The molecule has 3 N–H and O–H groups in total. The predicted molar refractivity (Wildman–Crippen MR) is 60.9 cm³/mol. The fourth-order valence-electron chi connectivity index (χ4n) is 1.86. The molecule has 0 aliphatic carbocycles. The minimum atomic E-state index is 0.366. The largest absolute Gasteiger partial charge is 0.368 e. The van der Waals surface area contributed by atoms with Crippen LogP contribution in [0.1, 0.15) is 12.6 Å². The van der Waals surface area contributed by atoms with Crippen LogP contribution in [-0.2, 0) is 6.42 Å². The highest BCUT2D eigenvalue weighted by atomic mass is 15.2. The molecule has 0 bridgehead atoms. The van der Waals surface area contributed by atoms with Crippen molar-refractivity contribution in [3.05, 3.63) is 11.9 Å². The molecule has 1 aliphatic rings. The van der Waals surface area contributed by atoms with Crippen molar-refractivity contribution in [2.45, 2.75) is 13.3 Å². The van der Waals surface area contributed by atoms with Crippen molar-refractivity contribution >= 4 is 11.6 Å². The van der Waals surface area contributed by atoms with E-state index in [1.807, 2.05) is 6.20 Å². The highest BCUT2D eigenvalue weighted by molar-refractivity contribution is 5.51. The molecule has 5 nitrogen and oxygen atoms in total. The monoisotopic (exact) mass is 207 g/mol. The topological polar surface area (TPSA) is 67.1 Å². The van der Waals surface area contributed by atoms with E-state index < -0.39 is 0 Å². The summed E-state index contributed by atoms with van der Waals surface area (Å²) in [7, 11) is 0. The maximum atomic E-state index is 5.58. The number of piperazine rings is 1. The van der Waals surface area contributed by atoms with Crippen LogP contribution < -0.4 is 16.0 Å². The molecule has 5 heteroatoms. The average molecular weight is 207 g/mol. The number of nitrogen functional groups attached to an aromatic ring is 1. The Kier molecular flexibility index (Phi) is 3.01. The normalized spacial score (nSPS) is 16.7. The fourth-order valence-corrected chi connectivity index (χ4v) is 1.86. The second-order valence-electron chi connectivity index (χ2n) is 3.65. The van der Waals surface area contributed by atoms with Gasteiger partial charge in [-0.2, -0.15) is 0 Å².